The lowest BCUT2D eigenvalue weighted by molar-refractivity contribution is -0.116. The molecule has 0 unspecified atom stereocenters. The molecule has 7 heteroatoms. The van der Waals surface area contributed by atoms with E-state index >= 15 is 0 Å². The molecule has 28 heavy (non-hydrogen) atoms. The van der Waals surface area contributed by atoms with Crippen LogP contribution in [0.1, 0.15) is 18.2 Å². The first-order chi connectivity index (χ1) is 13.4. The molecule has 1 amide bonds. The summed E-state index contributed by atoms with van der Waals surface area (Å²) in [4.78, 5) is 29.9. The summed E-state index contributed by atoms with van der Waals surface area (Å²) in [6, 6.07) is 14.1. The fourth-order valence-corrected chi connectivity index (χ4v) is 3.50. The van der Waals surface area contributed by atoms with Crippen LogP contribution in [0.2, 0.25) is 5.02 Å². The van der Waals surface area contributed by atoms with E-state index in [1.807, 2.05) is 38.1 Å². The minimum Gasteiger partial charge on any atom is -0.324 e. The highest BCUT2D eigenvalue weighted by molar-refractivity contribution is 9.10. The standard InChI is InChI=1S/C21H19BrClN3O2/c1-3-17-11-20(28)26(21(24-17)14-5-4-6-16(23)10-14)12-19(27)25-18-8-7-15(22)9-13(18)2/h4-11H,3,12H2,1-2H3,(H,25,27). The van der Waals surface area contributed by atoms with Gasteiger partial charge in [0, 0.05) is 32.5 Å². The van der Waals surface area contributed by atoms with Gasteiger partial charge in [0.05, 0.1) is 0 Å². The number of anilines is 1. The van der Waals surface area contributed by atoms with Crippen LogP contribution in [0.25, 0.3) is 11.4 Å². The molecule has 3 aromatic rings. The first kappa shape index (κ1) is 20.3. The monoisotopic (exact) mass is 459 g/mol. The molecule has 1 N–H and O–H groups in total. The third kappa shape index (κ3) is 4.69. The number of aromatic nitrogens is 2. The van der Waals surface area contributed by atoms with Gasteiger partial charge in [0.2, 0.25) is 5.91 Å². The van der Waals surface area contributed by atoms with Gasteiger partial charge in [-0.25, -0.2) is 4.98 Å². The van der Waals surface area contributed by atoms with Crippen molar-refractivity contribution in [3.63, 3.8) is 0 Å². The van der Waals surface area contributed by atoms with Gasteiger partial charge in [-0.2, -0.15) is 0 Å². The largest absolute Gasteiger partial charge is 0.324 e. The van der Waals surface area contributed by atoms with Crippen molar-refractivity contribution in [3.05, 3.63) is 79.6 Å². The number of aryl methyl sites for hydroxylation is 2. The molecule has 0 saturated carbocycles. The van der Waals surface area contributed by atoms with Crippen molar-refractivity contribution in [3.8, 4) is 11.4 Å². The van der Waals surface area contributed by atoms with Crippen LogP contribution in [-0.2, 0) is 17.8 Å². The van der Waals surface area contributed by atoms with Crippen LogP contribution in [0.4, 0.5) is 5.69 Å². The summed E-state index contributed by atoms with van der Waals surface area (Å²) in [5, 5.41) is 3.40. The minimum absolute atomic E-state index is 0.146. The Morgan fingerprint density at radius 1 is 1.21 bits per heavy atom. The first-order valence-corrected chi connectivity index (χ1v) is 9.97. The van der Waals surface area contributed by atoms with E-state index in [0.29, 0.717) is 34.2 Å². The average molecular weight is 461 g/mol. The molecule has 144 valence electrons. The lowest BCUT2D eigenvalue weighted by Crippen LogP contribution is -2.30. The maximum atomic E-state index is 12.7. The van der Waals surface area contributed by atoms with E-state index < -0.39 is 0 Å². The van der Waals surface area contributed by atoms with Gasteiger partial charge in [-0.05, 0) is 49.2 Å². The minimum atomic E-state index is -0.304. The molecule has 0 saturated heterocycles. The van der Waals surface area contributed by atoms with Crippen LogP contribution in [0.15, 0.2) is 57.8 Å². The molecule has 1 aromatic heterocycles. The van der Waals surface area contributed by atoms with E-state index in [2.05, 4.69) is 26.2 Å². The van der Waals surface area contributed by atoms with E-state index in [1.54, 1.807) is 18.2 Å². The summed E-state index contributed by atoms with van der Waals surface area (Å²) in [6.45, 7) is 3.69. The molecule has 0 atom stereocenters. The molecule has 0 bridgehead atoms. The number of hydrogen-bond acceptors (Lipinski definition) is 3. The predicted octanol–water partition coefficient (Wildman–Crippen LogP) is 4.84. The van der Waals surface area contributed by atoms with Crippen LogP contribution in [-0.4, -0.2) is 15.5 Å². The summed E-state index contributed by atoms with van der Waals surface area (Å²) >= 11 is 9.51. The molecule has 2 aromatic carbocycles. The highest BCUT2D eigenvalue weighted by atomic mass is 79.9. The van der Waals surface area contributed by atoms with Crippen molar-refractivity contribution in [1.82, 2.24) is 9.55 Å². The van der Waals surface area contributed by atoms with E-state index in [1.165, 1.54) is 10.6 Å². The number of nitrogens with zero attached hydrogens (tertiary/aromatic N) is 2. The summed E-state index contributed by atoms with van der Waals surface area (Å²) < 4.78 is 2.30. The molecule has 0 aliphatic rings. The van der Waals surface area contributed by atoms with Gasteiger partial charge in [0.25, 0.3) is 5.56 Å². The molecular formula is C21H19BrClN3O2. The Labute approximate surface area is 176 Å². The maximum Gasteiger partial charge on any atom is 0.254 e. The molecule has 5 nitrogen and oxygen atoms in total. The van der Waals surface area contributed by atoms with Crippen LogP contribution in [0.3, 0.4) is 0 Å². The normalized spacial score (nSPS) is 10.7. The van der Waals surface area contributed by atoms with E-state index in [-0.39, 0.29) is 18.0 Å². The summed E-state index contributed by atoms with van der Waals surface area (Å²) in [5.41, 5.74) is 2.70. The molecule has 0 fully saturated rings. The van der Waals surface area contributed by atoms with Gasteiger partial charge in [0.1, 0.15) is 12.4 Å². The highest BCUT2D eigenvalue weighted by Crippen LogP contribution is 2.22. The Balaban J connectivity index is 1.96. The smallest absolute Gasteiger partial charge is 0.254 e. The van der Waals surface area contributed by atoms with Gasteiger partial charge < -0.3 is 5.32 Å². The van der Waals surface area contributed by atoms with Crippen molar-refractivity contribution in [1.29, 1.82) is 0 Å². The second-order valence-corrected chi connectivity index (χ2v) is 7.72. The van der Waals surface area contributed by atoms with Gasteiger partial charge in [-0.15, -0.1) is 0 Å². The van der Waals surface area contributed by atoms with Crippen LogP contribution < -0.4 is 10.9 Å². The molecule has 0 spiro atoms. The number of nitrogens with one attached hydrogen (secondary N) is 1. The van der Waals surface area contributed by atoms with Gasteiger partial charge >= 0.3 is 0 Å². The second kappa shape index (κ2) is 8.71. The third-order valence-electron chi connectivity index (χ3n) is 4.27. The molecule has 0 aliphatic carbocycles. The Kier molecular flexibility index (Phi) is 6.31. The Morgan fingerprint density at radius 3 is 2.68 bits per heavy atom. The first-order valence-electron chi connectivity index (χ1n) is 8.80. The third-order valence-corrected chi connectivity index (χ3v) is 5.00. The fourth-order valence-electron chi connectivity index (χ4n) is 2.84. The van der Waals surface area contributed by atoms with Crippen molar-refractivity contribution in [2.24, 2.45) is 0 Å². The van der Waals surface area contributed by atoms with Crippen LogP contribution >= 0.6 is 27.5 Å². The van der Waals surface area contributed by atoms with Crippen molar-refractivity contribution in [2.75, 3.05) is 5.32 Å². The molecule has 3 rings (SSSR count). The number of rotatable bonds is 5. The molecule has 1 heterocycles. The summed E-state index contributed by atoms with van der Waals surface area (Å²) in [5.74, 6) is 0.122. The number of carbonyl (C=O) groups is 1. The van der Waals surface area contributed by atoms with Crippen molar-refractivity contribution >= 4 is 39.1 Å². The number of hydrogen-bond donors (Lipinski definition) is 1. The number of benzene rings is 2. The molecular weight excluding hydrogens is 442 g/mol. The molecule has 0 radical (unpaired) electrons. The zero-order chi connectivity index (χ0) is 20.3. The Bertz CT molecular complexity index is 1100. The maximum absolute atomic E-state index is 12.7. The van der Waals surface area contributed by atoms with E-state index in [4.69, 9.17) is 11.6 Å². The number of carbonyl (C=O) groups excluding carboxylic acids is 1. The summed E-state index contributed by atoms with van der Waals surface area (Å²) in [6.07, 6.45) is 0.619. The summed E-state index contributed by atoms with van der Waals surface area (Å²) in [7, 11) is 0. The molecule has 0 aliphatic heterocycles. The van der Waals surface area contributed by atoms with E-state index in [0.717, 1.165) is 10.0 Å². The average Bonchev–Trinajstić information content (AvgIpc) is 2.65. The second-order valence-electron chi connectivity index (χ2n) is 6.37. The fraction of sp³-hybridized carbons (Fsp3) is 0.190. The number of amides is 1. The van der Waals surface area contributed by atoms with E-state index in [9.17, 15) is 9.59 Å². The van der Waals surface area contributed by atoms with Crippen molar-refractivity contribution in [2.45, 2.75) is 26.8 Å². The lowest BCUT2D eigenvalue weighted by Gasteiger charge is -2.14. The quantitative estimate of drug-likeness (QED) is 0.593. The van der Waals surface area contributed by atoms with Crippen molar-refractivity contribution < 1.29 is 4.79 Å². The van der Waals surface area contributed by atoms with Gasteiger partial charge in [0.15, 0.2) is 0 Å². The topological polar surface area (TPSA) is 64.0 Å². The predicted molar refractivity (Wildman–Crippen MR) is 116 cm³/mol. The Morgan fingerprint density at radius 2 is 2.00 bits per heavy atom. The highest BCUT2D eigenvalue weighted by Gasteiger charge is 2.15. The lowest BCUT2D eigenvalue weighted by atomic mass is 10.2. The van der Waals surface area contributed by atoms with Crippen LogP contribution in [0, 0.1) is 6.92 Å². The van der Waals surface area contributed by atoms with Gasteiger partial charge in [-0.3, -0.25) is 14.2 Å². The SMILES string of the molecule is CCc1cc(=O)n(CC(=O)Nc2ccc(Br)cc2C)c(-c2cccc(Cl)c2)n1. The van der Waals surface area contributed by atoms with Crippen LogP contribution in [0.5, 0.6) is 0 Å². The van der Waals surface area contributed by atoms with Gasteiger partial charge in [-0.1, -0.05) is 46.6 Å². The number of halogens is 2. The Hall–Kier alpha value is -2.44. The zero-order valence-corrected chi connectivity index (χ0v) is 17.8. The zero-order valence-electron chi connectivity index (χ0n) is 15.5.